The van der Waals surface area contributed by atoms with Crippen LogP contribution in [0.1, 0.15) is 0 Å². The number of aromatic nitrogens is 2. The van der Waals surface area contributed by atoms with Crippen molar-refractivity contribution >= 4 is 40.6 Å². The first kappa shape index (κ1) is 21.4. The Hall–Kier alpha value is -3.31. The van der Waals surface area contributed by atoms with Gasteiger partial charge in [0.1, 0.15) is 17.2 Å². The molecule has 0 saturated carbocycles. The molecule has 0 saturated heterocycles. The molecule has 0 aliphatic carbocycles. The Morgan fingerprint density at radius 3 is 2.73 bits per heavy atom. The molecule has 1 heterocycles. The quantitative estimate of drug-likeness (QED) is 0.307. The topological polar surface area (TPSA) is 130 Å². The predicted octanol–water partition coefficient (Wildman–Crippen LogP) is 4.05. The van der Waals surface area contributed by atoms with Gasteiger partial charge < -0.3 is 19.2 Å². The Bertz CT molecular complexity index is 1090. The van der Waals surface area contributed by atoms with Crippen LogP contribution in [0.4, 0.5) is 11.4 Å². The zero-order chi connectivity index (χ0) is 21.7. The lowest BCUT2D eigenvalue weighted by Gasteiger charge is -2.07. The number of hydrogen-bond donors (Lipinski definition) is 1. The molecule has 1 aromatic heterocycles. The minimum Gasteiger partial charge on any atom is -0.496 e. The first-order chi connectivity index (χ1) is 14.4. The number of hydrogen-bond acceptors (Lipinski definition) is 9. The fourth-order valence-corrected chi connectivity index (χ4v) is 3.17. The standard InChI is InChI=1S/C18H15ClN4O6S/c1-27-11-4-5-13(14(8-11)23(25)26)20-16(24)9-30-18-22-21-17(29-18)12-7-10(19)3-6-15(12)28-2/h3-8H,9H2,1-2H3,(H,20,24). The molecule has 2 aromatic carbocycles. The van der Waals surface area contributed by atoms with Crippen molar-refractivity contribution in [3.63, 3.8) is 0 Å². The molecule has 1 N–H and O–H groups in total. The second-order valence-corrected chi connectivity index (χ2v) is 7.06. The zero-order valence-electron chi connectivity index (χ0n) is 15.7. The van der Waals surface area contributed by atoms with E-state index in [1.807, 2.05) is 0 Å². The van der Waals surface area contributed by atoms with Crippen molar-refractivity contribution in [1.82, 2.24) is 10.2 Å². The molecule has 30 heavy (non-hydrogen) atoms. The van der Waals surface area contributed by atoms with Crippen molar-refractivity contribution in [2.24, 2.45) is 0 Å². The summed E-state index contributed by atoms with van der Waals surface area (Å²) in [5.41, 5.74) is 0.296. The summed E-state index contributed by atoms with van der Waals surface area (Å²) < 4.78 is 15.8. The van der Waals surface area contributed by atoms with Crippen molar-refractivity contribution in [1.29, 1.82) is 0 Å². The van der Waals surface area contributed by atoms with Crippen LogP contribution >= 0.6 is 23.4 Å². The van der Waals surface area contributed by atoms with Crippen molar-refractivity contribution in [2.45, 2.75) is 5.22 Å². The van der Waals surface area contributed by atoms with E-state index in [9.17, 15) is 14.9 Å². The van der Waals surface area contributed by atoms with E-state index in [0.717, 1.165) is 11.8 Å². The Kier molecular flexibility index (Phi) is 6.75. The molecule has 0 radical (unpaired) electrons. The first-order valence-electron chi connectivity index (χ1n) is 8.33. The Balaban J connectivity index is 1.67. The monoisotopic (exact) mass is 450 g/mol. The molecule has 0 spiro atoms. The first-order valence-corrected chi connectivity index (χ1v) is 9.70. The molecule has 0 bridgehead atoms. The van der Waals surface area contributed by atoms with Gasteiger partial charge >= 0.3 is 0 Å². The summed E-state index contributed by atoms with van der Waals surface area (Å²) in [7, 11) is 2.90. The van der Waals surface area contributed by atoms with Gasteiger partial charge in [-0.05, 0) is 30.3 Å². The van der Waals surface area contributed by atoms with E-state index in [4.69, 9.17) is 25.5 Å². The van der Waals surface area contributed by atoms with E-state index in [0.29, 0.717) is 22.1 Å². The van der Waals surface area contributed by atoms with Crippen LogP contribution in [0.15, 0.2) is 46.0 Å². The molecule has 0 aliphatic rings. The van der Waals surface area contributed by atoms with Crippen LogP contribution in [0.25, 0.3) is 11.5 Å². The minimum atomic E-state index is -0.603. The van der Waals surface area contributed by atoms with Crippen LogP contribution in [0.2, 0.25) is 5.02 Å². The molecule has 10 nitrogen and oxygen atoms in total. The van der Waals surface area contributed by atoms with Crippen LogP contribution in [-0.4, -0.2) is 41.0 Å². The van der Waals surface area contributed by atoms with Gasteiger partial charge in [-0.3, -0.25) is 14.9 Å². The van der Waals surface area contributed by atoms with Gasteiger partial charge in [0.2, 0.25) is 5.91 Å². The Morgan fingerprint density at radius 2 is 2.03 bits per heavy atom. The van der Waals surface area contributed by atoms with Crippen molar-refractivity contribution in [2.75, 3.05) is 25.3 Å². The number of thioether (sulfide) groups is 1. The minimum absolute atomic E-state index is 0.0567. The number of carbonyl (C=O) groups excluding carboxylic acids is 1. The number of benzene rings is 2. The summed E-state index contributed by atoms with van der Waals surface area (Å²) >= 11 is 6.99. The number of carbonyl (C=O) groups is 1. The SMILES string of the molecule is COc1ccc(NC(=O)CSc2nnc(-c3cc(Cl)ccc3OC)o2)c([N+](=O)[O-])c1. The second kappa shape index (κ2) is 9.46. The summed E-state index contributed by atoms with van der Waals surface area (Å²) in [4.78, 5) is 22.8. The van der Waals surface area contributed by atoms with E-state index < -0.39 is 10.8 Å². The third-order valence-electron chi connectivity index (χ3n) is 3.80. The van der Waals surface area contributed by atoms with Crippen LogP contribution in [-0.2, 0) is 4.79 Å². The number of ether oxygens (including phenoxy) is 2. The summed E-state index contributed by atoms with van der Waals surface area (Å²) in [6.07, 6.45) is 0. The third kappa shape index (κ3) is 4.99. The lowest BCUT2D eigenvalue weighted by atomic mass is 10.2. The van der Waals surface area contributed by atoms with Crippen molar-refractivity contribution in [3.05, 3.63) is 51.5 Å². The maximum Gasteiger partial charge on any atom is 0.296 e. The fourth-order valence-electron chi connectivity index (χ4n) is 2.43. The van der Waals surface area contributed by atoms with E-state index in [1.54, 1.807) is 18.2 Å². The number of methoxy groups -OCH3 is 2. The fraction of sp³-hybridized carbons (Fsp3) is 0.167. The Morgan fingerprint density at radius 1 is 1.23 bits per heavy atom. The smallest absolute Gasteiger partial charge is 0.296 e. The molecular formula is C18H15ClN4O6S. The third-order valence-corrected chi connectivity index (χ3v) is 4.85. The lowest BCUT2D eigenvalue weighted by molar-refractivity contribution is -0.384. The zero-order valence-corrected chi connectivity index (χ0v) is 17.3. The van der Waals surface area contributed by atoms with Gasteiger partial charge in [0, 0.05) is 5.02 Å². The highest BCUT2D eigenvalue weighted by Crippen LogP contribution is 2.33. The molecule has 0 atom stereocenters. The molecule has 3 aromatic rings. The average molecular weight is 451 g/mol. The summed E-state index contributed by atoms with van der Waals surface area (Å²) in [6, 6.07) is 9.10. The van der Waals surface area contributed by atoms with Gasteiger partial charge in [-0.25, -0.2) is 0 Å². The number of rotatable bonds is 8. The lowest BCUT2D eigenvalue weighted by Crippen LogP contribution is -2.15. The highest BCUT2D eigenvalue weighted by atomic mass is 35.5. The van der Waals surface area contributed by atoms with Gasteiger partial charge in [0.05, 0.1) is 36.5 Å². The second-order valence-electron chi connectivity index (χ2n) is 5.69. The van der Waals surface area contributed by atoms with E-state index in [2.05, 4.69) is 15.5 Å². The maximum absolute atomic E-state index is 12.2. The number of nitro benzene ring substituents is 1. The normalized spacial score (nSPS) is 10.5. The van der Waals surface area contributed by atoms with Gasteiger partial charge in [0.25, 0.3) is 16.8 Å². The molecule has 1 amide bonds. The average Bonchev–Trinajstić information content (AvgIpc) is 3.21. The largest absolute Gasteiger partial charge is 0.496 e. The predicted molar refractivity (Wildman–Crippen MR) is 110 cm³/mol. The number of nitrogens with zero attached hydrogens (tertiary/aromatic N) is 3. The summed E-state index contributed by atoms with van der Waals surface area (Å²) in [5, 5.41) is 22.1. The highest BCUT2D eigenvalue weighted by molar-refractivity contribution is 7.99. The van der Waals surface area contributed by atoms with Gasteiger partial charge in [0.15, 0.2) is 0 Å². The molecule has 3 rings (SSSR count). The van der Waals surface area contributed by atoms with Crippen molar-refractivity contribution < 1.29 is 23.6 Å². The highest BCUT2D eigenvalue weighted by Gasteiger charge is 2.19. The van der Waals surface area contributed by atoms with E-state index in [1.165, 1.54) is 32.4 Å². The molecule has 12 heteroatoms. The summed E-state index contributed by atoms with van der Waals surface area (Å²) in [6.45, 7) is 0. The van der Waals surface area contributed by atoms with Gasteiger partial charge in [-0.1, -0.05) is 23.4 Å². The Labute approximate surface area is 179 Å². The van der Waals surface area contributed by atoms with E-state index >= 15 is 0 Å². The number of amides is 1. The van der Waals surface area contributed by atoms with Crippen LogP contribution in [0.5, 0.6) is 11.5 Å². The number of nitro groups is 1. The molecular weight excluding hydrogens is 436 g/mol. The maximum atomic E-state index is 12.2. The summed E-state index contributed by atoms with van der Waals surface area (Å²) in [5.74, 6) is 0.418. The van der Waals surface area contributed by atoms with Crippen LogP contribution in [0.3, 0.4) is 0 Å². The van der Waals surface area contributed by atoms with Crippen LogP contribution in [0, 0.1) is 10.1 Å². The van der Waals surface area contributed by atoms with Gasteiger partial charge in [-0.15, -0.1) is 10.2 Å². The molecule has 0 aliphatic heterocycles. The van der Waals surface area contributed by atoms with Gasteiger partial charge in [-0.2, -0.15) is 0 Å². The van der Waals surface area contributed by atoms with E-state index in [-0.39, 0.29) is 28.2 Å². The van der Waals surface area contributed by atoms with Crippen LogP contribution < -0.4 is 14.8 Å². The molecule has 0 unspecified atom stereocenters. The number of anilines is 1. The number of halogens is 1. The number of nitrogens with one attached hydrogen (secondary N) is 1. The molecule has 0 fully saturated rings. The van der Waals surface area contributed by atoms with Crippen molar-refractivity contribution in [3.8, 4) is 23.0 Å². The molecule has 156 valence electrons.